The summed E-state index contributed by atoms with van der Waals surface area (Å²) in [5.41, 5.74) is 8.30. The van der Waals surface area contributed by atoms with Crippen LogP contribution in [0.25, 0.3) is 22.0 Å². The number of hydrogen-bond donors (Lipinski definition) is 2. The van der Waals surface area contributed by atoms with Crippen molar-refractivity contribution in [2.24, 2.45) is 5.10 Å². The van der Waals surface area contributed by atoms with Gasteiger partial charge in [0.2, 0.25) is 0 Å². The Balaban J connectivity index is 1.32. The lowest BCUT2D eigenvalue weighted by Gasteiger charge is -2.06. The number of ether oxygens (including phenoxy) is 1. The molecule has 1 aliphatic rings. The molecule has 1 amide bonds. The number of amides is 1. The van der Waals surface area contributed by atoms with Gasteiger partial charge in [-0.3, -0.25) is 9.89 Å². The summed E-state index contributed by atoms with van der Waals surface area (Å²) in [7, 11) is 0. The van der Waals surface area contributed by atoms with E-state index in [1.165, 1.54) is 21.9 Å². The Morgan fingerprint density at radius 3 is 2.74 bits per heavy atom. The van der Waals surface area contributed by atoms with Crippen LogP contribution in [0.3, 0.4) is 0 Å². The second-order valence-electron chi connectivity index (χ2n) is 7.48. The molecule has 0 radical (unpaired) electrons. The largest absolute Gasteiger partial charge is 0.494 e. The van der Waals surface area contributed by atoms with Crippen LogP contribution in [0.2, 0.25) is 0 Å². The lowest BCUT2D eigenvalue weighted by molar-refractivity contribution is 0.0950. The summed E-state index contributed by atoms with van der Waals surface area (Å²) in [6.45, 7) is 2.56. The molecule has 3 aromatic carbocycles. The molecule has 6 heteroatoms. The summed E-state index contributed by atoms with van der Waals surface area (Å²) in [6.07, 6.45) is 3.75. The summed E-state index contributed by atoms with van der Waals surface area (Å²) >= 11 is 0. The van der Waals surface area contributed by atoms with E-state index < -0.39 is 0 Å². The molecule has 0 unspecified atom stereocenters. The number of benzene rings is 3. The van der Waals surface area contributed by atoms with Crippen LogP contribution in [0, 0.1) is 0 Å². The summed E-state index contributed by atoms with van der Waals surface area (Å²) in [4.78, 5) is 12.5. The van der Waals surface area contributed by atoms with Gasteiger partial charge in [0, 0.05) is 5.56 Å². The number of aromatic amines is 1. The van der Waals surface area contributed by atoms with Gasteiger partial charge in [0.25, 0.3) is 5.91 Å². The second kappa shape index (κ2) is 8.07. The van der Waals surface area contributed by atoms with E-state index in [2.05, 4.69) is 51.1 Å². The maximum absolute atomic E-state index is 12.5. The van der Waals surface area contributed by atoms with Gasteiger partial charge in [0.15, 0.2) is 0 Å². The molecule has 0 aliphatic heterocycles. The van der Waals surface area contributed by atoms with Crippen LogP contribution in [-0.2, 0) is 12.8 Å². The van der Waals surface area contributed by atoms with Crippen molar-refractivity contribution in [3.8, 4) is 17.0 Å². The van der Waals surface area contributed by atoms with Gasteiger partial charge in [-0.05, 0) is 77.6 Å². The normalized spacial score (nSPS) is 12.5. The first kappa shape index (κ1) is 19.1. The molecule has 6 nitrogen and oxygen atoms in total. The van der Waals surface area contributed by atoms with Crippen molar-refractivity contribution in [1.82, 2.24) is 15.6 Å². The monoisotopic (exact) mass is 410 g/mol. The van der Waals surface area contributed by atoms with Gasteiger partial charge in [-0.1, -0.05) is 30.3 Å². The third kappa shape index (κ3) is 3.68. The van der Waals surface area contributed by atoms with Crippen molar-refractivity contribution >= 4 is 22.9 Å². The molecule has 1 heterocycles. The molecule has 0 saturated carbocycles. The zero-order valence-corrected chi connectivity index (χ0v) is 17.2. The van der Waals surface area contributed by atoms with Gasteiger partial charge in [-0.2, -0.15) is 10.2 Å². The standard InChI is InChI=1S/C25H22N4O2/c1-2-31-19-11-6-16(7-12-19)15-26-29-25(30)23-14-22(27-28-23)20-13-10-18-9-8-17-4-3-5-21(20)24(17)18/h3-7,10-15H,2,8-9H2,1H3,(H,27,28)(H,29,30)/b26-15+. The van der Waals surface area contributed by atoms with Gasteiger partial charge >= 0.3 is 0 Å². The number of carbonyl (C=O) groups is 1. The minimum Gasteiger partial charge on any atom is -0.494 e. The zero-order chi connectivity index (χ0) is 21.2. The maximum Gasteiger partial charge on any atom is 0.289 e. The first-order valence-electron chi connectivity index (χ1n) is 10.4. The smallest absolute Gasteiger partial charge is 0.289 e. The molecule has 0 bridgehead atoms. The first-order valence-corrected chi connectivity index (χ1v) is 10.4. The van der Waals surface area contributed by atoms with E-state index in [4.69, 9.17) is 4.74 Å². The fourth-order valence-corrected chi connectivity index (χ4v) is 4.09. The van der Waals surface area contributed by atoms with Crippen LogP contribution in [0.4, 0.5) is 0 Å². The number of nitrogens with zero attached hydrogens (tertiary/aromatic N) is 2. The molecule has 5 rings (SSSR count). The SMILES string of the molecule is CCOc1ccc(/C=N/NC(=O)c2cc(-c3ccc4c5c(cccc35)CC4)n[nH]2)cc1. The average molecular weight is 410 g/mol. The molecule has 0 saturated heterocycles. The summed E-state index contributed by atoms with van der Waals surface area (Å²) in [6, 6.07) is 19.9. The molecule has 31 heavy (non-hydrogen) atoms. The Bertz CT molecular complexity index is 1280. The van der Waals surface area contributed by atoms with E-state index in [0.717, 1.165) is 35.4 Å². The van der Waals surface area contributed by atoms with E-state index in [1.54, 1.807) is 12.3 Å². The number of rotatable bonds is 6. The predicted octanol–water partition coefficient (Wildman–Crippen LogP) is 4.49. The highest BCUT2D eigenvalue weighted by Gasteiger charge is 2.18. The van der Waals surface area contributed by atoms with Crippen LogP contribution in [-0.4, -0.2) is 28.9 Å². The molecule has 4 aromatic rings. The fourth-order valence-electron chi connectivity index (χ4n) is 4.09. The highest BCUT2D eigenvalue weighted by molar-refractivity contribution is 6.02. The van der Waals surface area contributed by atoms with E-state index in [1.807, 2.05) is 31.2 Å². The van der Waals surface area contributed by atoms with Crippen molar-refractivity contribution < 1.29 is 9.53 Å². The molecular weight excluding hydrogens is 388 g/mol. The minimum atomic E-state index is -0.341. The number of carbonyl (C=O) groups excluding carboxylic acids is 1. The Kier molecular flexibility index (Phi) is 4.96. The van der Waals surface area contributed by atoms with E-state index in [0.29, 0.717) is 12.3 Å². The second-order valence-corrected chi connectivity index (χ2v) is 7.48. The van der Waals surface area contributed by atoms with Crippen LogP contribution in [0.5, 0.6) is 5.75 Å². The molecule has 2 N–H and O–H groups in total. The molecule has 1 aromatic heterocycles. The third-order valence-electron chi connectivity index (χ3n) is 5.55. The van der Waals surface area contributed by atoms with Crippen LogP contribution < -0.4 is 10.2 Å². The predicted molar refractivity (Wildman–Crippen MR) is 122 cm³/mol. The molecule has 0 fully saturated rings. The summed E-state index contributed by atoms with van der Waals surface area (Å²) in [5.74, 6) is 0.462. The first-order chi connectivity index (χ1) is 15.2. The average Bonchev–Trinajstić information content (AvgIpc) is 3.45. The van der Waals surface area contributed by atoms with Gasteiger partial charge in [-0.25, -0.2) is 5.43 Å². The molecule has 154 valence electrons. The Hall–Kier alpha value is -3.93. The minimum absolute atomic E-state index is 0.341. The quantitative estimate of drug-likeness (QED) is 0.363. The number of hydrogen-bond acceptors (Lipinski definition) is 4. The van der Waals surface area contributed by atoms with Crippen molar-refractivity contribution in [3.63, 3.8) is 0 Å². The Morgan fingerprint density at radius 1 is 1.13 bits per heavy atom. The van der Waals surface area contributed by atoms with E-state index in [-0.39, 0.29) is 5.91 Å². The van der Waals surface area contributed by atoms with Crippen molar-refractivity contribution in [2.45, 2.75) is 19.8 Å². The number of hydrazone groups is 1. The molecule has 0 atom stereocenters. The van der Waals surface area contributed by atoms with Crippen LogP contribution >= 0.6 is 0 Å². The van der Waals surface area contributed by atoms with Crippen LogP contribution in [0.1, 0.15) is 34.1 Å². The zero-order valence-electron chi connectivity index (χ0n) is 17.2. The maximum atomic E-state index is 12.5. The van der Waals surface area contributed by atoms with Crippen LogP contribution in [0.15, 0.2) is 65.8 Å². The summed E-state index contributed by atoms with van der Waals surface area (Å²) < 4.78 is 5.42. The highest BCUT2D eigenvalue weighted by atomic mass is 16.5. The van der Waals surface area contributed by atoms with Gasteiger partial charge < -0.3 is 4.74 Å². The molecule has 1 aliphatic carbocycles. The van der Waals surface area contributed by atoms with E-state index in [9.17, 15) is 4.79 Å². The Morgan fingerprint density at radius 2 is 1.94 bits per heavy atom. The summed E-state index contributed by atoms with van der Waals surface area (Å²) in [5, 5.41) is 13.8. The number of aryl methyl sites for hydroxylation is 2. The lowest BCUT2D eigenvalue weighted by atomic mass is 9.98. The van der Waals surface area contributed by atoms with Crippen molar-refractivity contribution in [2.75, 3.05) is 6.61 Å². The fraction of sp³-hybridized carbons (Fsp3) is 0.160. The van der Waals surface area contributed by atoms with Gasteiger partial charge in [0.05, 0.1) is 18.5 Å². The Labute approximate surface area is 179 Å². The topological polar surface area (TPSA) is 79.4 Å². The van der Waals surface area contributed by atoms with Gasteiger partial charge in [0.1, 0.15) is 11.4 Å². The molecule has 0 spiro atoms. The number of nitrogens with one attached hydrogen (secondary N) is 2. The van der Waals surface area contributed by atoms with Crippen molar-refractivity contribution in [3.05, 3.63) is 83.0 Å². The van der Waals surface area contributed by atoms with E-state index >= 15 is 0 Å². The van der Waals surface area contributed by atoms with Gasteiger partial charge in [-0.15, -0.1) is 0 Å². The number of H-pyrrole nitrogens is 1. The van der Waals surface area contributed by atoms with Crippen molar-refractivity contribution in [1.29, 1.82) is 0 Å². The number of aromatic nitrogens is 2. The highest BCUT2D eigenvalue weighted by Crippen LogP contribution is 2.36. The molecular formula is C25H22N4O2. The lowest BCUT2D eigenvalue weighted by Crippen LogP contribution is -2.17. The third-order valence-corrected chi connectivity index (χ3v) is 5.55.